The molecule has 0 radical (unpaired) electrons. The summed E-state index contributed by atoms with van der Waals surface area (Å²) in [5, 5.41) is 14.0. The number of aromatic nitrogens is 2. The van der Waals surface area contributed by atoms with Crippen LogP contribution in [0.4, 0.5) is 0 Å². The normalized spacial score (nSPS) is 20.9. The fourth-order valence-electron chi connectivity index (χ4n) is 2.89. The van der Waals surface area contributed by atoms with Gasteiger partial charge in [-0.2, -0.15) is 10.4 Å². The Morgan fingerprint density at radius 1 is 1.24 bits per heavy atom. The lowest BCUT2D eigenvalue weighted by Gasteiger charge is -2.23. The molecule has 3 rings (SSSR count). The molecule has 0 unspecified atom stereocenters. The molecular weight excluding hydrogens is 214 g/mol. The first-order valence-corrected chi connectivity index (χ1v) is 6.48. The molecule has 1 saturated heterocycles. The molecule has 0 bridgehead atoms. The number of hydrogen-bond acceptors (Lipinski definition) is 3. The number of aryl methyl sites for hydroxylation is 1. The summed E-state index contributed by atoms with van der Waals surface area (Å²) < 4.78 is 7.36. The molecule has 2 heterocycles. The Bertz CT molecular complexity index is 452. The predicted octanol–water partition coefficient (Wildman–Crippen LogP) is 1.99. The molecule has 1 aliphatic heterocycles. The van der Waals surface area contributed by atoms with Crippen LogP contribution in [0.5, 0.6) is 0 Å². The molecule has 1 aliphatic carbocycles. The lowest BCUT2D eigenvalue weighted by atomic mass is 9.96. The molecule has 0 amide bonds. The average Bonchev–Trinajstić information content (AvgIpc) is 2.78. The van der Waals surface area contributed by atoms with Crippen molar-refractivity contribution in [1.29, 1.82) is 5.26 Å². The van der Waals surface area contributed by atoms with E-state index >= 15 is 0 Å². The molecule has 0 aromatic carbocycles. The second-order valence-corrected chi connectivity index (χ2v) is 4.88. The number of fused-ring (bicyclic) bond motifs is 1. The zero-order valence-electron chi connectivity index (χ0n) is 9.98. The predicted molar refractivity (Wildman–Crippen MR) is 62.7 cm³/mol. The minimum atomic E-state index is 0.365. The van der Waals surface area contributed by atoms with Crippen molar-refractivity contribution in [3.05, 3.63) is 17.0 Å². The Hall–Kier alpha value is -1.34. The molecule has 4 nitrogen and oxygen atoms in total. The standard InChI is InChI=1S/C13H17N3O/c14-9-13-11-3-1-2-4-12(11)15-16(13)10-5-7-17-8-6-10/h10H,1-8H2. The third-order valence-corrected chi connectivity index (χ3v) is 3.82. The highest BCUT2D eigenvalue weighted by atomic mass is 16.5. The summed E-state index contributed by atoms with van der Waals surface area (Å²) in [6, 6.07) is 2.73. The third kappa shape index (κ3) is 1.85. The van der Waals surface area contributed by atoms with E-state index in [4.69, 9.17) is 4.74 Å². The van der Waals surface area contributed by atoms with Crippen LogP contribution in [0.1, 0.15) is 48.7 Å². The highest BCUT2D eigenvalue weighted by molar-refractivity contribution is 5.37. The monoisotopic (exact) mass is 231 g/mol. The molecule has 0 atom stereocenters. The van der Waals surface area contributed by atoms with Crippen LogP contribution in [0, 0.1) is 11.3 Å². The summed E-state index contributed by atoms with van der Waals surface area (Å²) in [7, 11) is 0. The van der Waals surface area contributed by atoms with E-state index in [1.807, 2.05) is 4.68 Å². The first kappa shape index (κ1) is 10.8. The lowest BCUT2D eigenvalue weighted by Crippen LogP contribution is -2.21. The highest BCUT2D eigenvalue weighted by Crippen LogP contribution is 2.29. The maximum Gasteiger partial charge on any atom is 0.142 e. The first-order chi connectivity index (χ1) is 8.40. The van der Waals surface area contributed by atoms with Gasteiger partial charge in [0.2, 0.25) is 0 Å². The van der Waals surface area contributed by atoms with Gasteiger partial charge in [0, 0.05) is 18.8 Å². The summed E-state index contributed by atoms with van der Waals surface area (Å²) in [6.07, 6.45) is 6.44. The van der Waals surface area contributed by atoms with E-state index in [9.17, 15) is 5.26 Å². The van der Waals surface area contributed by atoms with Crippen LogP contribution in [0.25, 0.3) is 0 Å². The maximum atomic E-state index is 9.35. The van der Waals surface area contributed by atoms with Crippen molar-refractivity contribution in [1.82, 2.24) is 9.78 Å². The van der Waals surface area contributed by atoms with Crippen molar-refractivity contribution in [2.24, 2.45) is 0 Å². The van der Waals surface area contributed by atoms with E-state index in [-0.39, 0.29) is 0 Å². The molecule has 1 aromatic rings. The topological polar surface area (TPSA) is 50.8 Å². The average molecular weight is 231 g/mol. The van der Waals surface area contributed by atoms with Gasteiger partial charge in [0.25, 0.3) is 0 Å². The van der Waals surface area contributed by atoms with Crippen LogP contribution in [-0.4, -0.2) is 23.0 Å². The largest absolute Gasteiger partial charge is 0.381 e. The van der Waals surface area contributed by atoms with Crippen molar-refractivity contribution in [2.75, 3.05) is 13.2 Å². The van der Waals surface area contributed by atoms with E-state index in [0.717, 1.165) is 44.6 Å². The van der Waals surface area contributed by atoms with Crippen molar-refractivity contribution >= 4 is 0 Å². The van der Waals surface area contributed by atoms with E-state index in [2.05, 4.69) is 11.2 Å². The Morgan fingerprint density at radius 2 is 2.00 bits per heavy atom. The van der Waals surface area contributed by atoms with E-state index < -0.39 is 0 Å². The molecule has 1 fully saturated rings. The van der Waals surface area contributed by atoms with E-state index in [0.29, 0.717) is 6.04 Å². The van der Waals surface area contributed by atoms with Crippen LogP contribution in [0.3, 0.4) is 0 Å². The van der Waals surface area contributed by atoms with Gasteiger partial charge in [-0.3, -0.25) is 4.68 Å². The van der Waals surface area contributed by atoms with Gasteiger partial charge in [-0.1, -0.05) is 0 Å². The Kier molecular flexibility index (Phi) is 2.86. The molecule has 0 N–H and O–H groups in total. The lowest BCUT2D eigenvalue weighted by molar-refractivity contribution is 0.0659. The first-order valence-electron chi connectivity index (χ1n) is 6.48. The van der Waals surface area contributed by atoms with E-state index in [1.54, 1.807) is 0 Å². The molecule has 1 aromatic heterocycles. The molecular formula is C13H17N3O. The van der Waals surface area contributed by atoms with Gasteiger partial charge in [-0.05, 0) is 38.5 Å². The molecule has 90 valence electrons. The molecule has 0 saturated carbocycles. The molecule has 2 aliphatic rings. The molecule has 17 heavy (non-hydrogen) atoms. The number of hydrogen-bond donors (Lipinski definition) is 0. The Balaban J connectivity index is 1.98. The fraction of sp³-hybridized carbons (Fsp3) is 0.692. The van der Waals surface area contributed by atoms with Gasteiger partial charge >= 0.3 is 0 Å². The smallest absolute Gasteiger partial charge is 0.142 e. The SMILES string of the molecule is N#Cc1c2c(nn1C1CCOCC1)CCCC2. The van der Waals surface area contributed by atoms with Crippen molar-refractivity contribution in [3.8, 4) is 6.07 Å². The maximum absolute atomic E-state index is 9.35. The number of nitriles is 1. The van der Waals surface area contributed by atoms with Crippen LogP contribution in [-0.2, 0) is 17.6 Å². The van der Waals surface area contributed by atoms with Crippen molar-refractivity contribution < 1.29 is 4.74 Å². The fourth-order valence-corrected chi connectivity index (χ4v) is 2.89. The summed E-state index contributed by atoms with van der Waals surface area (Å²) in [5.74, 6) is 0. The highest BCUT2D eigenvalue weighted by Gasteiger charge is 2.25. The van der Waals surface area contributed by atoms with Gasteiger partial charge in [0.05, 0.1) is 11.7 Å². The van der Waals surface area contributed by atoms with Gasteiger partial charge in [0.15, 0.2) is 0 Å². The van der Waals surface area contributed by atoms with Crippen LogP contribution in [0.2, 0.25) is 0 Å². The van der Waals surface area contributed by atoms with E-state index in [1.165, 1.54) is 24.1 Å². The van der Waals surface area contributed by atoms with Gasteiger partial charge in [-0.25, -0.2) is 0 Å². The molecule has 0 spiro atoms. The van der Waals surface area contributed by atoms with Crippen LogP contribution in [0.15, 0.2) is 0 Å². The van der Waals surface area contributed by atoms with Gasteiger partial charge in [0.1, 0.15) is 11.8 Å². The zero-order chi connectivity index (χ0) is 11.7. The Morgan fingerprint density at radius 3 is 2.76 bits per heavy atom. The summed E-state index contributed by atoms with van der Waals surface area (Å²) in [6.45, 7) is 1.58. The summed E-state index contributed by atoms with van der Waals surface area (Å²) in [5.41, 5.74) is 3.19. The second-order valence-electron chi connectivity index (χ2n) is 4.88. The number of ether oxygens (including phenoxy) is 1. The summed E-state index contributed by atoms with van der Waals surface area (Å²) >= 11 is 0. The quantitative estimate of drug-likeness (QED) is 0.742. The minimum absolute atomic E-state index is 0.365. The summed E-state index contributed by atoms with van der Waals surface area (Å²) in [4.78, 5) is 0. The second kappa shape index (κ2) is 4.50. The zero-order valence-corrected chi connectivity index (χ0v) is 9.98. The van der Waals surface area contributed by atoms with Crippen molar-refractivity contribution in [3.63, 3.8) is 0 Å². The number of nitrogens with zero attached hydrogens (tertiary/aromatic N) is 3. The number of rotatable bonds is 1. The minimum Gasteiger partial charge on any atom is -0.381 e. The third-order valence-electron chi connectivity index (χ3n) is 3.82. The van der Waals surface area contributed by atoms with Crippen molar-refractivity contribution in [2.45, 2.75) is 44.6 Å². The van der Waals surface area contributed by atoms with Crippen LogP contribution < -0.4 is 0 Å². The van der Waals surface area contributed by atoms with Gasteiger partial charge < -0.3 is 4.74 Å². The van der Waals surface area contributed by atoms with Gasteiger partial charge in [-0.15, -0.1) is 0 Å². The van der Waals surface area contributed by atoms with Crippen LogP contribution >= 0.6 is 0 Å². The Labute approximate surface area is 101 Å². The molecule has 4 heteroatoms.